The molecular formula is C21H16N4O5. The van der Waals surface area contributed by atoms with Crippen molar-refractivity contribution in [2.45, 2.75) is 6.42 Å². The number of carbonyl (C=O) groups excluding carboxylic acids is 2. The Bertz CT molecular complexity index is 1060. The van der Waals surface area contributed by atoms with Crippen LogP contribution in [0.1, 0.15) is 12.0 Å². The van der Waals surface area contributed by atoms with Crippen molar-refractivity contribution in [2.75, 3.05) is 0 Å². The number of hydrogen-bond acceptors (Lipinski definition) is 7. The molecule has 2 bridgehead atoms. The molecule has 9 nitrogen and oxygen atoms in total. The number of fused-ring (bicyclic) bond motifs is 5. The van der Waals surface area contributed by atoms with Crippen molar-refractivity contribution in [3.63, 3.8) is 0 Å². The molecule has 9 heteroatoms. The maximum absolute atomic E-state index is 12.6. The lowest BCUT2D eigenvalue weighted by Gasteiger charge is -2.13. The molecule has 2 aromatic rings. The number of nitro groups is 1. The first-order chi connectivity index (χ1) is 14.5. The first kappa shape index (κ1) is 18.2. The van der Waals surface area contributed by atoms with Crippen LogP contribution in [0.3, 0.4) is 0 Å². The highest BCUT2D eigenvalue weighted by Crippen LogP contribution is 2.52. The summed E-state index contributed by atoms with van der Waals surface area (Å²) in [5.41, 5.74) is 0.575. The molecule has 2 aliphatic carbocycles. The Balaban J connectivity index is 1.25. The van der Waals surface area contributed by atoms with Crippen molar-refractivity contribution in [3.05, 3.63) is 70.4 Å². The van der Waals surface area contributed by atoms with Gasteiger partial charge in [-0.1, -0.05) is 12.2 Å². The largest absolute Gasteiger partial charge is 0.439 e. The van der Waals surface area contributed by atoms with Crippen LogP contribution in [0.5, 0.6) is 11.6 Å². The molecule has 0 unspecified atom stereocenters. The third-order valence-electron chi connectivity index (χ3n) is 5.80. The Kier molecular flexibility index (Phi) is 4.16. The summed E-state index contributed by atoms with van der Waals surface area (Å²) in [6.45, 7) is 0. The number of imide groups is 1. The van der Waals surface area contributed by atoms with Gasteiger partial charge in [0, 0.05) is 12.1 Å². The molecule has 5 rings (SSSR count). The van der Waals surface area contributed by atoms with E-state index in [0.717, 1.165) is 17.6 Å². The number of nitrogens with zero attached hydrogens (tertiary/aromatic N) is 4. The van der Waals surface area contributed by atoms with Crippen LogP contribution >= 0.6 is 0 Å². The molecule has 1 aromatic carbocycles. The van der Waals surface area contributed by atoms with Gasteiger partial charge < -0.3 is 4.74 Å². The van der Waals surface area contributed by atoms with Gasteiger partial charge in [-0.05, 0) is 48.1 Å². The number of aromatic nitrogens is 1. The van der Waals surface area contributed by atoms with Crippen molar-refractivity contribution in [1.82, 2.24) is 9.99 Å². The molecular weight excluding hydrogens is 388 g/mol. The zero-order valence-corrected chi connectivity index (χ0v) is 15.6. The predicted molar refractivity (Wildman–Crippen MR) is 105 cm³/mol. The van der Waals surface area contributed by atoms with Crippen molar-refractivity contribution < 1.29 is 19.2 Å². The summed E-state index contributed by atoms with van der Waals surface area (Å²) in [4.78, 5) is 39.3. The molecule has 150 valence electrons. The molecule has 1 aromatic heterocycles. The number of carbonyl (C=O) groups is 2. The summed E-state index contributed by atoms with van der Waals surface area (Å²) in [5, 5.41) is 15.8. The zero-order valence-electron chi connectivity index (χ0n) is 15.6. The van der Waals surface area contributed by atoms with Gasteiger partial charge in [-0.3, -0.25) is 19.7 Å². The minimum atomic E-state index is -0.532. The fourth-order valence-corrected chi connectivity index (χ4v) is 4.41. The van der Waals surface area contributed by atoms with Crippen molar-refractivity contribution in [2.24, 2.45) is 28.8 Å². The van der Waals surface area contributed by atoms with Gasteiger partial charge in [0.15, 0.2) is 0 Å². The summed E-state index contributed by atoms with van der Waals surface area (Å²) in [6, 6.07) is 9.53. The second kappa shape index (κ2) is 6.87. The van der Waals surface area contributed by atoms with Gasteiger partial charge in [0.05, 0.1) is 23.0 Å². The van der Waals surface area contributed by atoms with Crippen molar-refractivity contribution in [3.8, 4) is 11.6 Å². The summed E-state index contributed by atoms with van der Waals surface area (Å²) in [7, 11) is 0. The second-order valence-corrected chi connectivity index (χ2v) is 7.52. The van der Waals surface area contributed by atoms with E-state index in [2.05, 4.69) is 10.1 Å². The normalized spacial score (nSPS) is 26.6. The van der Waals surface area contributed by atoms with Gasteiger partial charge in [0.1, 0.15) is 11.9 Å². The van der Waals surface area contributed by atoms with Gasteiger partial charge in [-0.15, -0.1) is 0 Å². The van der Waals surface area contributed by atoms with Crippen LogP contribution in [-0.4, -0.2) is 32.9 Å². The number of rotatable bonds is 5. The third kappa shape index (κ3) is 2.95. The average molecular weight is 404 g/mol. The maximum Gasteiger partial charge on any atom is 0.287 e. The van der Waals surface area contributed by atoms with Crippen molar-refractivity contribution >= 4 is 23.7 Å². The minimum absolute atomic E-state index is 0.118. The van der Waals surface area contributed by atoms with Crippen LogP contribution in [0.25, 0.3) is 0 Å². The molecule has 4 atom stereocenters. The molecule has 2 amide bonds. The van der Waals surface area contributed by atoms with Crippen LogP contribution in [0.15, 0.2) is 59.8 Å². The first-order valence-corrected chi connectivity index (χ1v) is 9.50. The lowest BCUT2D eigenvalue weighted by molar-refractivity contribution is -0.385. The smallest absolute Gasteiger partial charge is 0.287 e. The molecule has 2 heterocycles. The number of hydrogen-bond donors (Lipinski definition) is 0. The van der Waals surface area contributed by atoms with E-state index < -0.39 is 4.92 Å². The van der Waals surface area contributed by atoms with E-state index in [1.54, 1.807) is 24.3 Å². The molecule has 0 N–H and O–H groups in total. The summed E-state index contributed by atoms with van der Waals surface area (Å²) in [6.07, 6.45) is 7.57. The SMILES string of the molecule is O=C1[C@@H]2[C@H](C(=O)N1N=Cc1ccc(Oc3ccc([N+](=O)[O-])cn3)cc1)[C@H]1C=C[C@H]2C1. The van der Waals surface area contributed by atoms with E-state index in [9.17, 15) is 19.7 Å². The molecule has 3 aliphatic rings. The Labute approximate surface area is 170 Å². The van der Waals surface area contributed by atoms with Crippen LogP contribution < -0.4 is 4.74 Å². The molecule has 0 spiro atoms. The number of benzene rings is 1. The standard InChI is InChI=1S/C21H16N4O5/c26-20-18-13-3-4-14(9-13)19(18)21(27)24(20)23-10-12-1-6-16(7-2-12)30-17-8-5-15(11-22-17)25(28)29/h1-8,10-11,13-14,18-19H,9H2/t13-,14-,18-,19+/m0/s1. The number of ether oxygens (including phenoxy) is 1. The number of amides is 2. The zero-order chi connectivity index (χ0) is 20.8. The van der Waals surface area contributed by atoms with E-state index in [0.29, 0.717) is 11.3 Å². The third-order valence-corrected chi connectivity index (χ3v) is 5.80. The van der Waals surface area contributed by atoms with Crippen LogP contribution in [0.4, 0.5) is 5.69 Å². The van der Waals surface area contributed by atoms with Crippen LogP contribution in [0, 0.1) is 33.8 Å². The number of hydrazone groups is 1. The van der Waals surface area contributed by atoms with Crippen molar-refractivity contribution in [1.29, 1.82) is 0 Å². The molecule has 1 saturated heterocycles. The molecule has 2 fully saturated rings. The maximum atomic E-state index is 12.6. The first-order valence-electron chi connectivity index (χ1n) is 9.50. The Hall–Kier alpha value is -3.88. The van der Waals surface area contributed by atoms with Crippen LogP contribution in [0.2, 0.25) is 0 Å². The highest BCUT2D eigenvalue weighted by atomic mass is 16.6. The molecule has 1 saturated carbocycles. The summed E-state index contributed by atoms with van der Waals surface area (Å²) >= 11 is 0. The van der Waals surface area contributed by atoms with E-state index in [1.165, 1.54) is 18.3 Å². The van der Waals surface area contributed by atoms with Gasteiger partial charge in [0.2, 0.25) is 5.88 Å². The topological polar surface area (TPSA) is 115 Å². The van der Waals surface area contributed by atoms with Gasteiger partial charge >= 0.3 is 0 Å². The average Bonchev–Trinajstić information content (AvgIpc) is 3.42. The Morgan fingerprint density at radius 1 is 1.07 bits per heavy atom. The lowest BCUT2D eigenvalue weighted by Crippen LogP contribution is -2.28. The predicted octanol–water partition coefficient (Wildman–Crippen LogP) is 2.92. The molecule has 1 aliphatic heterocycles. The lowest BCUT2D eigenvalue weighted by atomic mass is 9.85. The quantitative estimate of drug-likeness (QED) is 0.249. The highest BCUT2D eigenvalue weighted by Gasteiger charge is 2.59. The Morgan fingerprint density at radius 3 is 2.30 bits per heavy atom. The fourth-order valence-electron chi connectivity index (χ4n) is 4.41. The number of allylic oxidation sites excluding steroid dienone is 2. The van der Waals surface area contributed by atoms with Crippen LogP contribution in [-0.2, 0) is 9.59 Å². The monoisotopic (exact) mass is 404 g/mol. The fraction of sp³-hybridized carbons (Fsp3) is 0.238. The van der Waals surface area contributed by atoms with E-state index in [1.807, 2.05) is 12.2 Å². The minimum Gasteiger partial charge on any atom is -0.439 e. The molecule has 0 radical (unpaired) electrons. The number of pyridine rings is 1. The second-order valence-electron chi connectivity index (χ2n) is 7.52. The highest BCUT2D eigenvalue weighted by molar-refractivity contribution is 6.06. The van der Waals surface area contributed by atoms with Gasteiger partial charge in [0.25, 0.3) is 17.5 Å². The van der Waals surface area contributed by atoms with E-state index >= 15 is 0 Å². The summed E-state index contributed by atoms with van der Waals surface area (Å²) in [5.74, 6) is 0.0418. The summed E-state index contributed by atoms with van der Waals surface area (Å²) < 4.78 is 5.56. The van der Waals surface area contributed by atoms with E-state index in [-0.39, 0.29) is 47.1 Å². The van der Waals surface area contributed by atoms with Gasteiger partial charge in [-0.2, -0.15) is 10.1 Å². The van der Waals surface area contributed by atoms with Gasteiger partial charge in [-0.25, -0.2) is 4.98 Å². The Morgan fingerprint density at radius 2 is 1.73 bits per heavy atom. The molecule has 30 heavy (non-hydrogen) atoms. The van der Waals surface area contributed by atoms with E-state index in [4.69, 9.17) is 4.74 Å².